The minimum Gasteiger partial charge on any atom is -0.429 e. The van der Waals surface area contributed by atoms with Gasteiger partial charge < -0.3 is 10.1 Å². The quantitative estimate of drug-likeness (QED) is 0.500. The fraction of sp³-hybridized carbons (Fsp3) is 0.222. The average Bonchev–Trinajstić information content (AvgIpc) is 2.62. The van der Waals surface area contributed by atoms with Crippen LogP contribution in [0.1, 0.15) is 16.8 Å². The van der Waals surface area contributed by atoms with Gasteiger partial charge >= 0.3 is 18.3 Å². The number of nitrogens with one attached hydrogen (secondary N) is 2. The van der Waals surface area contributed by atoms with Crippen LogP contribution in [0.2, 0.25) is 5.02 Å². The van der Waals surface area contributed by atoms with Gasteiger partial charge in [-0.05, 0) is 30.3 Å². The fourth-order valence-electron chi connectivity index (χ4n) is 2.24. The highest BCUT2D eigenvalue weighted by Gasteiger charge is 2.49. The molecule has 2 aromatic rings. The number of anilines is 1. The maximum absolute atomic E-state index is 13.6. The van der Waals surface area contributed by atoms with E-state index >= 15 is 0 Å². The summed E-state index contributed by atoms with van der Waals surface area (Å²) in [6, 6.07) is 3.61. The van der Waals surface area contributed by atoms with Crippen LogP contribution < -0.4 is 15.4 Å². The molecule has 0 saturated heterocycles. The second-order valence-electron chi connectivity index (χ2n) is 6.10. The lowest BCUT2D eigenvalue weighted by atomic mass is 10.2. The van der Waals surface area contributed by atoms with E-state index in [0.717, 1.165) is 30.3 Å². The molecule has 0 bridgehead atoms. The van der Waals surface area contributed by atoms with Gasteiger partial charge in [-0.1, -0.05) is 17.7 Å². The minimum atomic E-state index is -5.21. The van der Waals surface area contributed by atoms with Gasteiger partial charge in [0.05, 0.1) is 11.4 Å². The van der Waals surface area contributed by atoms with Gasteiger partial charge in [0.15, 0.2) is 0 Å². The molecule has 14 heteroatoms. The summed E-state index contributed by atoms with van der Waals surface area (Å²) in [4.78, 5) is 23.7. The summed E-state index contributed by atoms with van der Waals surface area (Å²) in [7, 11) is 0. The normalized spacial score (nSPS) is 12.8. The highest BCUT2D eigenvalue weighted by atomic mass is 35.5. The van der Waals surface area contributed by atoms with Gasteiger partial charge in [0.1, 0.15) is 22.9 Å². The number of imide groups is 1. The zero-order chi connectivity index (χ0) is 24.3. The average molecular weight is 491 g/mol. The zero-order valence-corrected chi connectivity index (χ0v) is 16.1. The molecule has 0 spiro atoms. The van der Waals surface area contributed by atoms with Gasteiger partial charge in [0.2, 0.25) is 6.17 Å². The van der Waals surface area contributed by atoms with E-state index in [-0.39, 0.29) is 5.69 Å². The molecule has 32 heavy (non-hydrogen) atoms. The van der Waals surface area contributed by atoms with Crippen molar-refractivity contribution >= 4 is 29.2 Å². The summed E-state index contributed by atoms with van der Waals surface area (Å²) in [5, 5.41) is 2.96. The van der Waals surface area contributed by atoms with Gasteiger partial charge in [-0.3, -0.25) is 10.1 Å². The predicted octanol–water partition coefficient (Wildman–Crippen LogP) is 5.84. The molecule has 0 heterocycles. The Morgan fingerprint density at radius 3 is 2.16 bits per heavy atom. The molecule has 0 aromatic heterocycles. The van der Waals surface area contributed by atoms with Gasteiger partial charge in [-0.2, -0.15) is 22.0 Å². The lowest BCUT2D eigenvalue weighted by Gasteiger charge is -2.23. The van der Waals surface area contributed by atoms with E-state index in [9.17, 15) is 44.7 Å². The molecule has 1 atom stereocenters. The van der Waals surface area contributed by atoms with Crippen molar-refractivity contribution in [3.8, 4) is 5.75 Å². The summed E-state index contributed by atoms with van der Waals surface area (Å²) >= 11 is 5.66. The number of hydrogen-bond acceptors (Lipinski definition) is 3. The molecule has 2 rings (SSSR count). The number of rotatable bonds is 6. The first-order chi connectivity index (χ1) is 14.7. The molecule has 174 valence electrons. The van der Waals surface area contributed by atoms with Gasteiger partial charge in [-0.15, -0.1) is 0 Å². The van der Waals surface area contributed by atoms with Crippen molar-refractivity contribution in [1.29, 1.82) is 0 Å². The molecule has 0 aliphatic heterocycles. The van der Waals surface area contributed by atoms with E-state index < -0.39 is 64.8 Å². The molecule has 1 unspecified atom stereocenters. The highest BCUT2D eigenvalue weighted by Crippen LogP contribution is 2.37. The summed E-state index contributed by atoms with van der Waals surface area (Å²) in [5.41, 5.74) is -1.27. The number of carbonyl (C=O) groups is 2. The van der Waals surface area contributed by atoms with Crippen LogP contribution in [0.5, 0.6) is 5.75 Å². The third kappa shape index (κ3) is 6.70. The van der Waals surface area contributed by atoms with Crippen molar-refractivity contribution in [2.45, 2.75) is 24.9 Å². The Bertz CT molecular complexity index is 996. The largest absolute Gasteiger partial charge is 0.430 e. The van der Waals surface area contributed by atoms with Crippen LogP contribution in [0.25, 0.3) is 0 Å². The van der Waals surface area contributed by atoms with Crippen molar-refractivity contribution in [1.82, 2.24) is 5.32 Å². The second-order valence-corrected chi connectivity index (χ2v) is 6.51. The van der Waals surface area contributed by atoms with E-state index in [2.05, 4.69) is 4.74 Å². The first-order valence-corrected chi connectivity index (χ1v) is 8.71. The fourth-order valence-corrected chi connectivity index (χ4v) is 2.46. The van der Waals surface area contributed by atoms with Crippen LogP contribution in [-0.2, 0) is 0 Å². The molecule has 0 radical (unpaired) electrons. The first kappa shape index (κ1) is 25.2. The lowest BCUT2D eigenvalue weighted by Crippen LogP contribution is -2.39. The maximum Gasteiger partial charge on any atom is 0.430 e. The molecule has 0 aliphatic rings. The summed E-state index contributed by atoms with van der Waals surface area (Å²) in [5.74, 6) is -4.81. The topological polar surface area (TPSA) is 67.4 Å². The first-order valence-electron chi connectivity index (χ1n) is 8.33. The molecule has 0 saturated carbocycles. The third-order valence-electron chi connectivity index (χ3n) is 3.63. The van der Waals surface area contributed by atoms with E-state index in [4.69, 9.17) is 11.6 Å². The number of hydrogen-bond donors (Lipinski definition) is 2. The van der Waals surface area contributed by atoms with Crippen molar-refractivity contribution in [3.63, 3.8) is 0 Å². The molecule has 2 aromatic carbocycles. The van der Waals surface area contributed by atoms with Crippen molar-refractivity contribution < 1.29 is 49.4 Å². The van der Waals surface area contributed by atoms with Crippen LogP contribution in [0.15, 0.2) is 36.4 Å². The SMILES string of the molecule is O=C(NC(=O)c1c(F)cccc1F)Nc1ccc(OC(F)(F)C(F)CC(F)(F)F)c(Cl)c1. The summed E-state index contributed by atoms with van der Waals surface area (Å²) in [6.45, 7) is 0. The van der Waals surface area contributed by atoms with Crippen molar-refractivity contribution in [3.05, 3.63) is 58.6 Å². The Morgan fingerprint density at radius 1 is 1.03 bits per heavy atom. The Balaban J connectivity index is 2.05. The maximum atomic E-state index is 13.6. The highest BCUT2D eigenvalue weighted by molar-refractivity contribution is 6.32. The number of alkyl halides is 6. The number of amides is 3. The zero-order valence-electron chi connectivity index (χ0n) is 15.4. The van der Waals surface area contributed by atoms with Crippen LogP contribution >= 0.6 is 11.6 Å². The number of urea groups is 1. The smallest absolute Gasteiger partial charge is 0.429 e. The second kappa shape index (κ2) is 9.59. The number of carbonyl (C=O) groups excluding carboxylic acids is 2. The molecule has 5 nitrogen and oxygen atoms in total. The van der Waals surface area contributed by atoms with Crippen LogP contribution in [0.4, 0.5) is 45.6 Å². The molecule has 0 aliphatic carbocycles. The van der Waals surface area contributed by atoms with E-state index in [1.54, 1.807) is 5.32 Å². The summed E-state index contributed by atoms with van der Waals surface area (Å²) in [6.07, 6.45) is -16.3. The molecule has 3 amide bonds. The number of ether oxygens (including phenoxy) is 1. The monoisotopic (exact) mass is 490 g/mol. The van der Waals surface area contributed by atoms with E-state index in [1.807, 2.05) is 5.32 Å². The molecular formula is C18H11ClF8N2O3. The van der Waals surface area contributed by atoms with Gasteiger partial charge in [0.25, 0.3) is 5.91 Å². The van der Waals surface area contributed by atoms with E-state index in [0.29, 0.717) is 6.07 Å². The molecular weight excluding hydrogens is 480 g/mol. The third-order valence-corrected chi connectivity index (χ3v) is 3.92. The van der Waals surface area contributed by atoms with Gasteiger partial charge in [0, 0.05) is 5.69 Å². The Morgan fingerprint density at radius 2 is 1.62 bits per heavy atom. The minimum absolute atomic E-state index is 0.239. The standard InChI is InChI=1S/C18H11ClF8N2O3/c19-9-6-8(4-5-12(9)32-18(26,27)13(22)7-17(23,24)25)28-16(31)29-15(30)14-10(20)2-1-3-11(14)21/h1-6,13H,7H2,(H2,28,29,30,31). The Kier molecular flexibility index (Phi) is 7.54. The number of halogens is 9. The van der Waals surface area contributed by atoms with Crippen LogP contribution in [0, 0.1) is 11.6 Å². The number of benzene rings is 2. The molecule has 0 fully saturated rings. The summed E-state index contributed by atoms with van der Waals surface area (Å²) < 4.78 is 108. The van der Waals surface area contributed by atoms with Crippen LogP contribution in [0.3, 0.4) is 0 Å². The molecule has 2 N–H and O–H groups in total. The van der Waals surface area contributed by atoms with Crippen molar-refractivity contribution in [2.24, 2.45) is 0 Å². The van der Waals surface area contributed by atoms with Crippen molar-refractivity contribution in [2.75, 3.05) is 5.32 Å². The Labute approximate surface area is 179 Å². The Hall–Kier alpha value is -3.09. The van der Waals surface area contributed by atoms with Crippen LogP contribution in [-0.4, -0.2) is 30.4 Å². The van der Waals surface area contributed by atoms with E-state index in [1.165, 1.54) is 0 Å². The lowest BCUT2D eigenvalue weighted by molar-refractivity contribution is -0.247. The predicted molar refractivity (Wildman–Crippen MR) is 95.4 cm³/mol. The van der Waals surface area contributed by atoms with Gasteiger partial charge in [-0.25, -0.2) is 18.0 Å².